The molecule has 7 heteroatoms. The molecule has 2 aliphatic rings. The Balaban J connectivity index is 1.11. The number of carbonyl (C=O) groups is 1. The van der Waals surface area contributed by atoms with Gasteiger partial charge in [-0.15, -0.1) is 0 Å². The molecule has 1 saturated heterocycles. The first-order chi connectivity index (χ1) is 17.1. The van der Waals surface area contributed by atoms with Gasteiger partial charge in [-0.25, -0.2) is 4.68 Å². The Morgan fingerprint density at radius 2 is 1.66 bits per heavy atom. The molecule has 0 unspecified atom stereocenters. The lowest BCUT2D eigenvalue weighted by atomic mass is 10.0. The van der Waals surface area contributed by atoms with Gasteiger partial charge in [0, 0.05) is 56.7 Å². The second-order valence-electron chi connectivity index (χ2n) is 9.29. The van der Waals surface area contributed by atoms with E-state index < -0.39 is 0 Å². The van der Waals surface area contributed by atoms with Crippen molar-refractivity contribution in [2.24, 2.45) is 0 Å². The molecule has 1 fully saturated rings. The highest BCUT2D eigenvalue weighted by Gasteiger charge is 2.24. The molecule has 35 heavy (non-hydrogen) atoms. The predicted molar refractivity (Wildman–Crippen MR) is 139 cm³/mol. The maximum absolute atomic E-state index is 12.9. The first kappa shape index (κ1) is 23.2. The van der Waals surface area contributed by atoms with E-state index in [9.17, 15) is 4.79 Å². The Bertz CT molecular complexity index is 1170. The number of anilines is 1. The number of aromatic nitrogens is 2. The number of aryl methyl sites for hydroxylation is 1. The Morgan fingerprint density at radius 1 is 0.943 bits per heavy atom. The van der Waals surface area contributed by atoms with Crippen LogP contribution in [0.5, 0.6) is 5.75 Å². The van der Waals surface area contributed by atoms with Crippen molar-refractivity contribution < 1.29 is 9.53 Å². The summed E-state index contributed by atoms with van der Waals surface area (Å²) in [5, 5.41) is 4.55. The molecule has 0 bridgehead atoms. The van der Waals surface area contributed by atoms with Crippen molar-refractivity contribution in [3.05, 3.63) is 78.1 Å². The second-order valence-corrected chi connectivity index (χ2v) is 9.29. The van der Waals surface area contributed by atoms with E-state index >= 15 is 0 Å². The molecule has 0 saturated carbocycles. The van der Waals surface area contributed by atoms with Crippen LogP contribution in [0.15, 0.2) is 67.0 Å². The molecule has 2 aliphatic heterocycles. The minimum absolute atomic E-state index is 0.225. The Hall–Kier alpha value is -3.58. The molecule has 0 aliphatic carbocycles. The Morgan fingerprint density at radius 3 is 2.31 bits per heavy atom. The van der Waals surface area contributed by atoms with E-state index in [0.29, 0.717) is 6.54 Å². The van der Waals surface area contributed by atoms with Crippen molar-refractivity contribution in [2.45, 2.75) is 13.3 Å². The number of benzene rings is 2. The van der Waals surface area contributed by atoms with Gasteiger partial charge in [0.1, 0.15) is 5.75 Å². The minimum atomic E-state index is 0.225. The lowest BCUT2D eigenvalue weighted by molar-refractivity contribution is -0.132. The van der Waals surface area contributed by atoms with E-state index in [4.69, 9.17) is 4.74 Å². The zero-order chi connectivity index (χ0) is 24.2. The van der Waals surface area contributed by atoms with Crippen molar-refractivity contribution in [3.63, 3.8) is 0 Å². The van der Waals surface area contributed by atoms with E-state index in [-0.39, 0.29) is 5.91 Å². The van der Waals surface area contributed by atoms with Crippen LogP contribution >= 0.6 is 0 Å². The normalized spacial score (nSPS) is 16.8. The zero-order valence-corrected chi connectivity index (χ0v) is 20.6. The molecule has 5 rings (SSSR count). The van der Waals surface area contributed by atoms with E-state index in [1.165, 1.54) is 16.8 Å². The summed E-state index contributed by atoms with van der Waals surface area (Å²) in [5.74, 6) is 1.09. The van der Waals surface area contributed by atoms with Crippen LogP contribution in [0, 0.1) is 6.92 Å². The number of hydrogen-bond donors (Lipinski definition) is 0. The molecule has 1 aromatic heterocycles. The highest BCUT2D eigenvalue weighted by atomic mass is 16.5. The Kier molecular flexibility index (Phi) is 6.86. The van der Waals surface area contributed by atoms with Crippen molar-refractivity contribution in [1.82, 2.24) is 19.6 Å². The van der Waals surface area contributed by atoms with E-state index in [1.54, 1.807) is 7.11 Å². The van der Waals surface area contributed by atoms with Crippen LogP contribution in [0.4, 0.5) is 5.69 Å². The van der Waals surface area contributed by atoms with Gasteiger partial charge < -0.3 is 14.5 Å². The van der Waals surface area contributed by atoms with Crippen LogP contribution in [-0.2, 0) is 4.79 Å². The topological polar surface area (TPSA) is 53.8 Å². The van der Waals surface area contributed by atoms with Gasteiger partial charge in [0.15, 0.2) is 0 Å². The van der Waals surface area contributed by atoms with Crippen molar-refractivity contribution >= 4 is 17.2 Å². The number of ether oxygens (including phenoxy) is 1. The van der Waals surface area contributed by atoms with Crippen LogP contribution in [0.25, 0.3) is 11.3 Å². The summed E-state index contributed by atoms with van der Waals surface area (Å²) < 4.78 is 7.18. The third-order valence-electron chi connectivity index (χ3n) is 6.97. The van der Waals surface area contributed by atoms with E-state index in [0.717, 1.165) is 62.7 Å². The van der Waals surface area contributed by atoms with Crippen LogP contribution in [-0.4, -0.2) is 78.4 Å². The number of rotatable bonds is 6. The molecule has 3 heterocycles. The van der Waals surface area contributed by atoms with Crippen LogP contribution in [0.2, 0.25) is 0 Å². The Labute approximate surface area is 207 Å². The summed E-state index contributed by atoms with van der Waals surface area (Å²) in [7, 11) is 1.68. The minimum Gasteiger partial charge on any atom is -0.497 e. The first-order valence-corrected chi connectivity index (χ1v) is 12.3. The maximum atomic E-state index is 12.9. The monoisotopic (exact) mass is 471 g/mol. The second kappa shape index (κ2) is 10.4. The molecule has 0 spiro atoms. The molecule has 0 N–H and O–H groups in total. The van der Waals surface area contributed by atoms with Crippen molar-refractivity contribution in [3.8, 4) is 11.4 Å². The summed E-state index contributed by atoms with van der Waals surface area (Å²) in [6.07, 6.45) is 7.21. The predicted octanol–water partition coefficient (Wildman–Crippen LogP) is 3.63. The molecule has 0 atom stereocenters. The molecule has 182 valence electrons. The average molecular weight is 472 g/mol. The fraction of sp³-hybridized carbons (Fsp3) is 0.357. The van der Waals surface area contributed by atoms with Crippen LogP contribution in [0.1, 0.15) is 17.5 Å². The van der Waals surface area contributed by atoms with Gasteiger partial charge in [0.25, 0.3) is 0 Å². The van der Waals surface area contributed by atoms with Crippen molar-refractivity contribution in [1.29, 1.82) is 0 Å². The number of nitrogens with zero attached hydrogens (tertiary/aromatic N) is 5. The van der Waals surface area contributed by atoms with Gasteiger partial charge in [-0.3, -0.25) is 9.69 Å². The quantitative estimate of drug-likeness (QED) is 0.550. The molecular weight excluding hydrogens is 438 g/mol. The molecule has 7 nitrogen and oxygen atoms in total. The fourth-order valence-electron chi connectivity index (χ4n) is 4.74. The van der Waals surface area contributed by atoms with Gasteiger partial charge in [0.05, 0.1) is 25.5 Å². The summed E-state index contributed by atoms with van der Waals surface area (Å²) in [4.78, 5) is 19.5. The number of amides is 1. The fourth-order valence-corrected chi connectivity index (χ4v) is 4.74. The van der Waals surface area contributed by atoms with Crippen LogP contribution < -0.4 is 9.64 Å². The van der Waals surface area contributed by atoms with Gasteiger partial charge in [-0.1, -0.05) is 23.8 Å². The number of carbonyl (C=O) groups excluding carboxylic acids is 1. The average Bonchev–Trinajstić information content (AvgIpc) is 3.40. The highest BCUT2D eigenvalue weighted by molar-refractivity contribution is 5.79. The van der Waals surface area contributed by atoms with E-state index in [2.05, 4.69) is 70.5 Å². The maximum Gasteiger partial charge on any atom is 0.236 e. The summed E-state index contributed by atoms with van der Waals surface area (Å²) in [6.45, 7) is 7.48. The molecule has 0 radical (unpaired) electrons. The summed E-state index contributed by atoms with van der Waals surface area (Å²) in [6, 6.07) is 16.5. The van der Waals surface area contributed by atoms with Gasteiger partial charge >= 0.3 is 0 Å². The third-order valence-corrected chi connectivity index (χ3v) is 6.97. The first-order valence-electron chi connectivity index (χ1n) is 12.3. The summed E-state index contributed by atoms with van der Waals surface area (Å²) >= 11 is 0. The number of hydrogen-bond acceptors (Lipinski definition) is 5. The van der Waals surface area contributed by atoms with Gasteiger partial charge in [-0.2, -0.15) is 5.10 Å². The molecule has 2 aromatic carbocycles. The zero-order valence-electron chi connectivity index (χ0n) is 20.6. The van der Waals surface area contributed by atoms with Gasteiger partial charge in [0.2, 0.25) is 5.91 Å². The highest BCUT2D eigenvalue weighted by Crippen LogP contribution is 2.24. The third kappa shape index (κ3) is 5.41. The lowest BCUT2D eigenvalue weighted by Gasteiger charge is -2.37. The largest absolute Gasteiger partial charge is 0.497 e. The molecular formula is C28H33N5O2. The van der Waals surface area contributed by atoms with E-state index in [1.807, 2.05) is 27.9 Å². The summed E-state index contributed by atoms with van der Waals surface area (Å²) in [5.41, 5.74) is 5.95. The molecule has 3 aromatic rings. The smallest absolute Gasteiger partial charge is 0.236 e. The molecule has 1 amide bonds. The number of methoxy groups -OCH3 is 1. The van der Waals surface area contributed by atoms with Crippen LogP contribution in [0.3, 0.4) is 0 Å². The lowest BCUT2D eigenvalue weighted by Crippen LogP contribution is -2.51. The standard InChI is InChI=1S/C28H33N5O2/c1-22-3-5-26(6-4-22)33-20-24(19-29-33)23-11-13-30(14-12-23)21-28(34)32-17-15-31(16-18-32)25-7-9-27(35-2)10-8-25/h3-11,19-20H,12-18,21H2,1-2H3. The van der Waals surface area contributed by atoms with Crippen molar-refractivity contribution in [2.75, 3.05) is 57.8 Å². The SMILES string of the molecule is COc1ccc(N2CCN(C(=O)CN3CC=C(c4cnn(-c5ccc(C)cc5)c4)CC3)CC2)cc1. The number of piperazine rings is 1. The van der Waals surface area contributed by atoms with Gasteiger partial charge in [-0.05, 0) is 55.3 Å².